The third-order valence-electron chi connectivity index (χ3n) is 2.73. The van der Waals surface area contributed by atoms with Crippen molar-refractivity contribution in [2.75, 3.05) is 39.4 Å². The standard InChI is InChI=1S/C10H19N3O2/c14-10(12-9-1-2-9)11-3-4-13-5-7-15-8-6-13/h9H,1-8H2,(H2,11,12,14). The molecule has 1 heterocycles. The average Bonchev–Trinajstić information content (AvgIpc) is 3.03. The van der Waals surface area contributed by atoms with Crippen molar-refractivity contribution in [1.29, 1.82) is 0 Å². The van der Waals surface area contributed by atoms with E-state index in [2.05, 4.69) is 15.5 Å². The predicted octanol–water partition coefficient (Wildman–Crippen LogP) is -0.220. The lowest BCUT2D eigenvalue weighted by Gasteiger charge is -2.26. The van der Waals surface area contributed by atoms with E-state index in [9.17, 15) is 4.79 Å². The van der Waals surface area contributed by atoms with Crippen LogP contribution in [-0.4, -0.2) is 56.4 Å². The van der Waals surface area contributed by atoms with E-state index in [-0.39, 0.29) is 6.03 Å². The molecule has 0 aromatic carbocycles. The summed E-state index contributed by atoms with van der Waals surface area (Å²) in [6.07, 6.45) is 2.27. The van der Waals surface area contributed by atoms with Crippen molar-refractivity contribution in [2.24, 2.45) is 0 Å². The Bertz CT molecular complexity index is 213. The summed E-state index contributed by atoms with van der Waals surface area (Å²) in [6.45, 7) is 5.22. The topological polar surface area (TPSA) is 53.6 Å². The fourth-order valence-electron chi connectivity index (χ4n) is 1.62. The molecule has 0 bridgehead atoms. The van der Waals surface area contributed by atoms with Crippen LogP contribution in [0, 0.1) is 0 Å². The summed E-state index contributed by atoms with van der Waals surface area (Å²) in [6, 6.07) is 0.416. The average molecular weight is 213 g/mol. The van der Waals surface area contributed by atoms with Gasteiger partial charge in [-0.15, -0.1) is 0 Å². The molecule has 1 saturated heterocycles. The van der Waals surface area contributed by atoms with E-state index in [0.717, 1.165) is 52.2 Å². The lowest BCUT2D eigenvalue weighted by molar-refractivity contribution is 0.0387. The zero-order valence-corrected chi connectivity index (χ0v) is 9.00. The molecule has 2 amide bonds. The van der Waals surface area contributed by atoms with Gasteiger partial charge in [0.15, 0.2) is 0 Å². The first-order valence-corrected chi connectivity index (χ1v) is 5.69. The highest BCUT2D eigenvalue weighted by Crippen LogP contribution is 2.18. The number of hydrogen-bond donors (Lipinski definition) is 2. The van der Waals surface area contributed by atoms with Crippen LogP contribution in [0.25, 0.3) is 0 Å². The minimum atomic E-state index is -0.0224. The Morgan fingerprint density at radius 3 is 2.73 bits per heavy atom. The van der Waals surface area contributed by atoms with Gasteiger partial charge in [0.05, 0.1) is 13.2 Å². The molecule has 2 fully saturated rings. The molecular weight excluding hydrogens is 194 g/mol. The van der Waals surface area contributed by atoms with E-state index in [1.54, 1.807) is 0 Å². The fraction of sp³-hybridized carbons (Fsp3) is 0.900. The summed E-state index contributed by atoms with van der Waals surface area (Å²) in [5.74, 6) is 0. The van der Waals surface area contributed by atoms with Crippen LogP contribution in [0.4, 0.5) is 4.79 Å². The fourth-order valence-corrected chi connectivity index (χ4v) is 1.62. The van der Waals surface area contributed by atoms with Crippen LogP contribution in [-0.2, 0) is 4.74 Å². The molecule has 0 aromatic rings. The number of urea groups is 1. The van der Waals surface area contributed by atoms with Crippen LogP contribution in [0.15, 0.2) is 0 Å². The molecule has 2 N–H and O–H groups in total. The number of carbonyl (C=O) groups is 1. The van der Waals surface area contributed by atoms with Gasteiger partial charge in [-0.25, -0.2) is 4.79 Å². The Morgan fingerprint density at radius 2 is 2.07 bits per heavy atom. The first kappa shape index (κ1) is 10.7. The Balaban J connectivity index is 1.51. The summed E-state index contributed by atoms with van der Waals surface area (Å²) < 4.78 is 5.25. The number of carbonyl (C=O) groups excluding carboxylic acids is 1. The molecule has 2 aliphatic rings. The second-order valence-electron chi connectivity index (χ2n) is 4.13. The third-order valence-corrected chi connectivity index (χ3v) is 2.73. The maximum Gasteiger partial charge on any atom is 0.315 e. The zero-order chi connectivity index (χ0) is 10.5. The van der Waals surface area contributed by atoms with E-state index >= 15 is 0 Å². The van der Waals surface area contributed by atoms with Crippen LogP contribution >= 0.6 is 0 Å². The summed E-state index contributed by atoms with van der Waals surface area (Å²) in [4.78, 5) is 13.6. The van der Waals surface area contributed by atoms with Crippen LogP contribution in [0.3, 0.4) is 0 Å². The largest absolute Gasteiger partial charge is 0.379 e. The summed E-state index contributed by atoms with van der Waals surface area (Å²) in [5, 5.41) is 5.77. The molecule has 15 heavy (non-hydrogen) atoms. The zero-order valence-electron chi connectivity index (χ0n) is 9.00. The van der Waals surface area contributed by atoms with Gasteiger partial charge >= 0.3 is 6.03 Å². The Morgan fingerprint density at radius 1 is 1.33 bits per heavy atom. The van der Waals surface area contributed by atoms with Gasteiger partial charge in [0.25, 0.3) is 0 Å². The van der Waals surface area contributed by atoms with Gasteiger partial charge < -0.3 is 15.4 Å². The molecule has 1 saturated carbocycles. The summed E-state index contributed by atoms with van der Waals surface area (Å²) in [7, 11) is 0. The Hall–Kier alpha value is -0.810. The normalized spacial score (nSPS) is 22.4. The van der Waals surface area contributed by atoms with Gasteiger partial charge in [-0.3, -0.25) is 4.90 Å². The number of hydrogen-bond acceptors (Lipinski definition) is 3. The van der Waals surface area contributed by atoms with E-state index in [1.807, 2.05) is 0 Å². The monoisotopic (exact) mass is 213 g/mol. The van der Waals surface area contributed by atoms with Crippen molar-refractivity contribution in [3.8, 4) is 0 Å². The predicted molar refractivity (Wildman–Crippen MR) is 56.8 cm³/mol. The first-order chi connectivity index (χ1) is 7.34. The lowest BCUT2D eigenvalue weighted by atomic mass is 10.4. The van der Waals surface area contributed by atoms with Crippen molar-refractivity contribution in [3.05, 3.63) is 0 Å². The van der Waals surface area contributed by atoms with Crippen molar-refractivity contribution in [1.82, 2.24) is 15.5 Å². The molecule has 0 radical (unpaired) electrons. The van der Waals surface area contributed by atoms with Crippen molar-refractivity contribution in [3.63, 3.8) is 0 Å². The number of morpholine rings is 1. The lowest BCUT2D eigenvalue weighted by Crippen LogP contribution is -2.44. The van der Waals surface area contributed by atoms with E-state index < -0.39 is 0 Å². The highest BCUT2D eigenvalue weighted by molar-refractivity contribution is 5.74. The second kappa shape index (κ2) is 5.32. The van der Waals surface area contributed by atoms with Gasteiger partial charge in [0, 0.05) is 32.2 Å². The van der Waals surface area contributed by atoms with E-state index in [4.69, 9.17) is 4.74 Å². The SMILES string of the molecule is O=C(NCCN1CCOCC1)NC1CC1. The van der Waals surface area contributed by atoms with Gasteiger partial charge in [0.2, 0.25) is 0 Å². The van der Waals surface area contributed by atoms with Gasteiger partial charge in [-0.2, -0.15) is 0 Å². The van der Waals surface area contributed by atoms with Crippen molar-refractivity contribution >= 4 is 6.03 Å². The van der Waals surface area contributed by atoms with Gasteiger partial charge in [-0.05, 0) is 12.8 Å². The molecule has 1 aliphatic carbocycles. The van der Waals surface area contributed by atoms with Crippen LogP contribution < -0.4 is 10.6 Å². The molecule has 2 rings (SSSR count). The first-order valence-electron chi connectivity index (χ1n) is 5.69. The summed E-state index contributed by atoms with van der Waals surface area (Å²) >= 11 is 0. The van der Waals surface area contributed by atoms with Gasteiger partial charge in [-0.1, -0.05) is 0 Å². The highest BCUT2D eigenvalue weighted by Gasteiger charge is 2.22. The quantitative estimate of drug-likeness (QED) is 0.679. The Kier molecular flexibility index (Phi) is 3.80. The molecule has 0 spiro atoms. The molecule has 1 aliphatic heterocycles. The number of amides is 2. The number of ether oxygens (including phenoxy) is 1. The van der Waals surface area contributed by atoms with Crippen LogP contribution in [0.1, 0.15) is 12.8 Å². The van der Waals surface area contributed by atoms with E-state index in [1.165, 1.54) is 0 Å². The van der Waals surface area contributed by atoms with Crippen LogP contribution in [0.2, 0.25) is 0 Å². The minimum Gasteiger partial charge on any atom is -0.379 e. The molecule has 86 valence electrons. The molecule has 5 heteroatoms. The molecular formula is C10H19N3O2. The third kappa shape index (κ3) is 4.05. The molecule has 0 aromatic heterocycles. The van der Waals surface area contributed by atoms with Crippen LogP contribution in [0.5, 0.6) is 0 Å². The van der Waals surface area contributed by atoms with Crippen molar-refractivity contribution < 1.29 is 9.53 Å². The van der Waals surface area contributed by atoms with E-state index in [0.29, 0.717) is 6.04 Å². The molecule has 0 atom stereocenters. The number of nitrogens with zero attached hydrogens (tertiary/aromatic N) is 1. The number of rotatable bonds is 4. The maximum atomic E-state index is 11.3. The molecule has 0 unspecified atom stereocenters. The smallest absolute Gasteiger partial charge is 0.315 e. The second-order valence-corrected chi connectivity index (χ2v) is 4.13. The Labute approximate surface area is 90.1 Å². The highest BCUT2D eigenvalue weighted by atomic mass is 16.5. The maximum absolute atomic E-state index is 11.3. The number of nitrogens with one attached hydrogen (secondary N) is 2. The summed E-state index contributed by atoms with van der Waals surface area (Å²) in [5.41, 5.74) is 0. The van der Waals surface area contributed by atoms with Gasteiger partial charge in [0.1, 0.15) is 0 Å². The van der Waals surface area contributed by atoms with Crippen molar-refractivity contribution in [2.45, 2.75) is 18.9 Å². The minimum absolute atomic E-state index is 0.0224. The molecule has 5 nitrogen and oxygen atoms in total.